The van der Waals surface area contributed by atoms with Gasteiger partial charge < -0.3 is 0 Å². The Morgan fingerprint density at radius 2 is 2.08 bits per heavy atom. The van der Waals surface area contributed by atoms with Crippen molar-refractivity contribution in [3.63, 3.8) is 0 Å². The van der Waals surface area contributed by atoms with Gasteiger partial charge in [-0.1, -0.05) is 19.9 Å². The first-order valence-corrected chi connectivity index (χ1v) is 4.30. The van der Waals surface area contributed by atoms with Gasteiger partial charge in [0.1, 0.15) is 5.82 Å². The van der Waals surface area contributed by atoms with Crippen molar-refractivity contribution in [2.75, 3.05) is 0 Å². The van der Waals surface area contributed by atoms with Crippen LogP contribution in [0.25, 0.3) is 0 Å². The zero-order valence-electron chi connectivity index (χ0n) is 7.84. The van der Waals surface area contributed by atoms with Gasteiger partial charge in [0.25, 0.3) is 0 Å². The van der Waals surface area contributed by atoms with E-state index < -0.39 is 0 Å². The maximum absolute atomic E-state index is 13.0. The minimum atomic E-state index is -0.253. The maximum atomic E-state index is 13.0. The van der Waals surface area contributed by atoms with Gasteiger partial charge in [-0.25, -0.2) is 4.39 Å². The maximum Gasteiger partial charge on any atom is 0.123 e. The smallest absolute Gasteiger partial charge is 0.123 e. The summed E-state index contributed by atoms with van der Waals surface area (Å²) in [6.07, 6.45) is 0.275. The Hall–Kier alpha value is -1.36. The van der Waals surface area contributed by atoms with Crippen LogP contribution >= 0.6 is 0 Å². The molecule has 0 saturated carbocycles. The van der Waals surface area contributed by atoms with Gasteiger partial charge >= 0.3 is 0 Å². The van der Waals surface area contributed by atoms with Crippen molar-refractivity contribution in [1.29, 1.82) is 5.26 Å². The molecule has 0 aromatic heterocycles. The minimum Gasteiger partial charge on any atom is -0.207 e. The van der Waals surface area contributed by atoms with Crippen molar-refractivity contribution >= 4 is 0 Å². The summed E-state index contributed by atoms with van der Waals surface area (Å²) < 4.78 is 13.0. The molecule has 0 heterocycles. The molecule has 13 heavy (non-hydrogen) atoms. The van der Waals surface area contributed by atoms with Gasteiger partial charge in [0.15, 0.2) is 0 Å². The molecule has 0 N–H and O–H groups in total. The Morgan fingerprint density at radius 1 is 1.38 bits per heavy atom. The summed E-state index contributed by atoms with van der Waals surface area (Å²) in [4.78, 5) is 0. The quantitative estimate of drug-likeness (QED) is 0.681. The fourth-order valence-corrected chi connectivity index (χ4v) is 1.20. The number of benzene rings is 1. The lowest BCUT2D eigenvalue weighted by molar-refractivity contribution is 0.621. The summed E-state index contributed by atoms with van der Waals surface area (Å²) in [6, 6.07) is 6.83. The molecule has 68 valence electrons. The van der Waals surface area contributed by atoms with E-state index in [-0.39, 0.29) is 12.2 Å². The Morgan fingerprint density at radius 3 is 2.62 bits per heavy atom. The van der Waals surface area contributed by atoms with E-state index in [1.807, 2.05) is 26.0 Å². The molecular weight excluding hydrogens is 165 g/mol. The highest BCUT2D eigenvalue weighted by Crippen LogP contribution is 2.17. The third kappa shape index (κ3) is 2.55. The molecule has 0 unspecified atom stereocenters. The number of nitrogens with zero attached hydrogens (tertiary/aromatic N) is 1. The van der Waals surface area contributed by atoms with Crippen LogP contribution in [0.4, 0.5) is 4.39 Å². The molecule has 0 amide bonds. The van der Waals surface area contributed by atoms with E-state index in [0.29, 0.717) is 5.92 Å². The first-order chi connectivity index (χ1) is 6.13. The fraction of sp³-hybridized carbons (Fsp3) is 0.364. The lowest BCUT2D eigenvalue weighted by Gasteiger charge is -2.06. The number of halogens is 1. The van der Waals surface area contributed by atoms with Crippen molar-refractivity contribution < 1.29 is 4.39 Å². The molecule has 1 nitrogen and oxygen atoms in total. The van der Waals surface area contributed by atoms with Crippen LogP contribution in [0.15, 0.2) is 18.2 Å². The molecule has 0 aliphatic heterocycles. The second-order valence-electron chi connectivity index (χ2n) is 3.38. The first kappa shape index (κ1) is 9.73. The molecule has 0 bridgehead atoms. The topological polar surface area (TPSA) is 23.8 Å². The third-order valence-electron chi connectivity index (χ3n) is 1.93. The number of hydrogen-bond donors (Lipinski definition) is 0. The Balaban J connectivity index is 3.05. The van der Waals surface area contributed by atoms with E-state index in [2.05, 4.69) is 0 Å². The summed E-state index contributed by atoms with van der Waals surface area (Å²) in [7, 11) is 0. The van der Waals surface area contributed by atoms with E-state index >= 15 is 0 Å². The van der Waals surface area contributed by atoms with Crippen LogP contribution in [0.2, 0.25) is 0 Å². The van der Waals surface area contributed by atoms with Gasteiger partial charge in [-0.3, -0.25) is 0 Å². The molecule has 1 rings (SSSR count). The highest BCUT2D eigenvalue weighted by atomic mass is 19.1. The third-order valence-corrected chi connectivity index (χ3v) is 1.93. The normalized spacial score (nSPS) is 10.1. The van der Waals surface area contributed by atoms with Gasteiger partial charge in [0.2, 0.25) is 0 Å². The molecule has 0 atom stereocenters. The molecule has 1 aromatic rings. The van der Waals surface area contributed by atoms with Gasteiger partial charge in [-0.15, -0.1) is 0 Å². The standard InChI is InChI=1S/C11H12FN/c1-8(2)10-5-9(3-4-13)6-11(12)7-10/h5-8H,3H2,1-2H3. The summed E-state index contributed by atoms with van der Waals surface area (Å²) >= 11 is 0. The van der Waals surface area contributed by atoms with Crippen LogP contribution in [0, 0.1) is 17.1 Å². The highest BCUT2D eigenvalue weighted by molar-refractivity contribution is 5.28. The molecule has 1 aromatic carbocycles. The van der Waals surface area contributed by atoms with Crippen LogP contribution in [0.1, 0.15) is 30.9 Å². The molecular formula is C11H12FN. The van der Waals surface area contributed by atoms with Crippen molar-refractivity contribution in [3.05, 3.63) is 35.1 Å². The van der Waals surface area contributed by atoms with Gasteiger partial charge in [0.05, 0.1) is 12.5 Å². The monoisotopic (exact) mass is 177 g/mol. The van der Waals surface area contributed by atoms with Crippen LogP contribution in [-0.4, -0.2) is 0 Å². The second-order valence-corrected chi connectivity index (χ2v) is 3.38. The lowest BCUT2D eigenvalue weighted by Crippen LogP contribution is -1.92. The number of hydrogen-bond acceptors (Lipinski definition) is 1. The number of rotatable bonds is 2. The van der Waals surface area contributed by atoms with E-state index in [4.69, 9.17) is 5.26 Å². The van der Waals surface area contributed by atoms with Crippen molar-refractivity contribution in [2.45, 2.75) is 26.2 Å². The van der Waals surface area contributed by atoms with Gasteiger partial charge in [0, 0.05) is 0 Å². The molecule has 0 fully saturated rings. The molecule has 0 spiro atoms. The lowest BCUT2D eigenvalue weighted by atomic mass is 10.00. The summed E-state index contributed by atoms with van der Waals surface area (Å²) in [5.41, 5.74) is 1.71. The molecule has 2 heteroatoms. The predicted octanol–water partition coefficient (Wildman–Crippen LogP) is 3.02. The SMILES string of the molecule is CC(C)c1cc(F)cc(CC#N)c1. The number of nitriles is 1. The average Bonchev–Trinajstić information content (AvgIpc) is 2.03. The fourth-order valence-electron chi connectivity index (χ4n) is 1.20. The van der Waals surface area contributed by atoms with E-state index in [1.165, 1.54) is 12.1 Å². The van der Waals surface area contributed by atoms with Crippen LogP contribution < -0.4 is 0 Å². The zero-order valence-corrected chi connectivity index (χ0v) is 7.84. The summed E-state index contributed by atoms with van der Waals surface area (Å²) in [5, 5.41) is 8.47. The molecule has 0 aliphatic carbocycles. The first-order valence-electron chi connectivity index (χ1n) is 4.30. The van der Waals surface area contributed by atoms with Gasteiger partial charge in [-0.05, 0) is 29.2 Å². The Labute approximate surface area is 77.8 Å². The van der Waals surface area contributed by atoms with E-state index in [0.717, 1.165) is 11.1 Å². The highest BCUT2D eigenvalue weighted by Gasteiger charge is 2.03. The Kier molecular flexibility index (Phi) is 3.02. The van der Waals surface area contributed by atoms with Crippen LogP contribution in [-0.2, 0) is 6.42 Å². The Bertz CT molecular complexity index is 336. The van der Waals surface area contributed by atoms with Crippen molar-refractivity contribution in [2.24, 2.45) is 0 Å². The molecule has 0 aliphatic rings. The van der Waals surface area contributed by atoms with Gasteiger partial charge in [-0.2, -0.15) is 5.26 Å². The summed E-state index contributed by atoms with van der Waals surface area (Å²) in [6.45, 7) is 4.01. The van der Waals surface area contributed by atoms with Crippen LogP contribution in [0.3, 0.4) is 0 Å². The van der Waals surface area contributed by atoms with E-state index in [1.54, 1.807) is 0 Å². The molecule has 0 radical (unpaired) electrons. The average molecular weight is 177 g/mol. The van der Waals surface area contributed by atoms with E-state index in [9.17, 15) is 4.39 Å². The molecule has 0 saturated heterocycles. The minimum absolute atomic E-state index is 0.253. The van der Waals surface area contributed by atoms with Crippen molar-refractivity contribution in [3.8, 4) is 6.07 Å². The summed E-state index contributed by atoms with van der Waals surface area (Å²) in [5.74, 6) is 0.0459. The second kappa shape index (κ2) is 4.04. The largest absolute Gasteiger partial charge is 0.207 e. The zero-order chi connectivity index (χ0) is 9.84. The predicted molar refractivity (Wildman–Crippen MR) is 49.8 cm³/mol. The van der Waals surface area contributed by atoms with Crippen LogP contribution in [0.5, 0.6) is 0 Å². The van der Waals surface area contributed by atoms with Crippen molar-refractivity contribution in [1.82, 2.24) is 0 Å².